The Morgan fingerprint density at radius 1 is 0.591 bits per heavy atom. The number of hydrogen-bond donors (Lipinski definition) is 0. The zero-order valence-corrected chi connectivity index (χ0v) is 24.1. The lowest BCUT2D eigenvalue weighted by Crippen LogP contribution is -2.60. The standard InChI is InChI=1S/C36H30N2O6/c1-2-36-29(22-13-7-4-8-14-22)25(21-11-5-3-6-12-21)26(27-30(36)34(41)37(32(27)39)19-23-15-9-17-43-23)28-31(36)35(42)38(33(28)40)20-24-16-10-18-44-24/h3-18,26-28,30-31H,2,19-20H2,1H3/t26?,27-,28+,30-,31-,36?/m1/s1. The summed E-state index contributed by atoms with van der Waals surface area (Å²) >= 11 is 0. The van der Waals surface area contributed by atoms with Crippen molar-refractivity contribution in [3.63, 3.8) is 0 Å². The number of benzene rings is 2. The maximum atomic E-state index is 14.6. The number of imide groups is 2. The molecule has 1 saturated carbocycles. The molecule has 2 unspecified atom stereocenters. The van der Waals surface area contributed by atoms with Crippen LogP contribution in [0.15, 0.2) is 106 Å². The minimum absolute atomic E-state index is 0.00731. The summed E-state index contributed by atoms with van der Waals surface area (Å²) in [6.45, 7) is 1.99. The molecule has 4 aromatic rings. The molecule has 3 aliphatic carbocycles. The quantitative estimate of drug-likeness (QED) is 0.268. The van der Waals surface area contributed by atoms with E-state index in [2.05, 4.69) is 0 Å². The highest BCUT2D eigenvalue weighted by Gasteiger charge is 2.77. The largest absolute Gasteiger partial charge is 0.467 e. The van der Waals surface area contributed by atoms with Crippen LogP contribution in [-0.2, 0) is 32.3 Å². The van der Waals surface area contributed by atoms with Crippen molar-refractivity contribution in [3.8, 4) is 0 Å². The lowest BCUT2D eigenvalue weighted by Gasteiger charge is -2.59. The summed E-state index contributed by atoms with van der Waals surface area (Å²) in [5, 5.41) is 0. The maximum absolute atomic E-state index is 14.6. The van der Waals surface area contributed by atoms with Crippen LogP contribution in [0, 0.1) is 35.0 Å². The Hall–Kier alpha value is -4.98. The van der Waals surface area contributed by atoms with Crippen LogP contribution < -0.4 is 0 Å². The molecular formula is C36H30N2O6. The van der Waals surface area contributed by atoms with Gasteiger partial charge in [0.15, 0.2) is 0 Å². The second-order valence-corrected chi connectivity index (χ2v) is 12.1. The van der Waals surface area contributed by atoms with E-state index in [0.717, 1.165) is 22.3 Å². The molecule has 8 nitrogen and oxygen atoms in total. The fourth-order valence-corrected chi connectivity index (χ4v) is 8.84. The van der Waals surface area contributed by atoms with Crippen molar-refractivity contribution >= 4 is 34.8 Å². The first kappa shape index (κ1) is 26.6. The predicted molar refractivity (Wildman–Crippen MR) is 158 cm³/mol. The Bertz CT molecular complexity index is 1730. The minimum Gasteiger partial charge on any atom is -0.467 e. The molecular weight excluding hydrogens is 556 g/mol. The molecule has 2 bridgehead atoms. The monoisotopic (exact) mass is 586 g/mol. The number of allylic oxidation sites excluding steroid dienone is 2. The van der Waals surface area contributed by atoms with Gasteiger partial charge in [0.25, 0.3) is 0 Å². The van der Waals surface area contributed by atoms with Gasteiger partial charge in [0.2, 0.25) is 23.6 Å². The Kier molecular flexibility index (Phi) is 5.92. The lowest BCUT2D eigenvalue weighted by atomic mass is 9.40. The molecule has 220 valence electrons. The van der Waals surface area contributed by atoms with Gasteiger partial charge in [-0.05, 0) is 53.0 Å². The van der Waals surface area contributed by atoms with E-state index in [1.165, 1.54) is 22.3 Å². The molecule has 0 spiro atoms. The Balaban J connectivity index is 1.39. The molecule has 8 heteroatoms. The highest BCUT2D eigenvalue weighted by molar-refractivity contribution is 6.17. The zero-order valence-electron chi connectivity index (χ0n) is 24.1. The molecule has 2 aliphatic heterocycles. The van der Waals surface area contributed by atoms with Crippen molar-refractivity contribution in [1.82, 2.24) is 9.80 Å². The average molecular weight is 587 g/mol. The zero-order chi connectivity index (χ0) is 30.2. The van der Waals surface area contributed by atoms with Gasteiger partial charge in [0.05, 0.1) is 49.3 Å². The molecule has 2 aromatic heterocycles. The summed E-state index contributed by atoms with van der Waals surface area (Å²) in [6, 6.07) is 26.6. The van der Waals surface area contributed by atoms with Crippen molar-refractivity contribution < 1.29 is 28.0 Å². The lowest BCUT2D eigenvalue weighted by molar-refractivity contribution is -0.146. The second-order valence-electron chi connectivity index (χ2n) is 12.1. The van der Waals surface area contributed by atoms with Crippen LogP contribution in [0.4, 0.5) is 0 Å². The van der Waals surface area contributed by atoms with E-state index in [4.69, 9.17) is 8.83 Å². The van der Waals surface area contributed by atoms with Crippen molar-refractivity contribution in [2.45, 2.75) is 26.4 Å². The van der Waals surface area contributed by atoms with Crippen LogP contribution in [0.25, 0.3) is 11.1 Å². The first-order chi connectivity index (χ1) is 21.5. The first-order valence-corrected chi connectivity index (χ1v) is 15.1. The maximum Gasteiger partial charge on any atom is 0.234 e. The summed E-state index contributed by atoms with van der Waals surface area (Å²) < 4.78 is 11.1. The van der Waals surface area contributed by atoms with Crippen LogP contribution in [0.1, 0.15) is 36.0 Å². The molecule has 9 rings (SSSR count). The van der Waals surface area contributed by atoms with Crippen molar-refractivity contribution in [2.75, 3.05) is 0 Å². The third-order valence-electron chi connectivity index (χ3n) is 10.4. The van der Waals surface area contributed by atoms with Gasteiger partial charge < -0.3 is 8.83 Å². The van der Waals surface area contributed by atoms with Crippen molar-refractivity contribution in [1.29, 1.82) is 0 Å². The van der Waals surface area contributed by atoms with Gasteiger partial charge in [0, 0.05) is 11.3 Å². The third kappa shape index (κ3) is 3.45. The summed E-state index contributed by atoms with van der Waals surface area (Å²) in [5.41, 5.74) is 2.45. The Morgan fingerprint density at radius 2 is 1.07 bits per heavy atom. The van der Waals surface area contributed by atoms with Crippen LogP contribution in [-0.4, -0.2) is 33.4 Å². The third-order valence-corrected chi connectivity index (χ3v) is 10.4. The molecule has 2 aromatic carbocycles. The summed E-state index contributed by atoms with van der Waals surface area (Å²) in [4.78, 5) is 60.7. The highest BCUT2D eigenvalue weighted by Crippen LogP contribution is 2.73. The molecule has 4 amide bonds. The van der Waals surface area contributed by atoms with E-state index in [1.807, 2.05) is 67.6 Å². The van der Waals surface area contributed by atoms with E-state index in [9.17, 15) is 19.2 Å². The Morgan fingerprint density at radius 3 is 1.50 bits per heavy atom. The number of amides is 4. The van der Waals surface area contributed by atoms with Gasteiger partial charge in [-0.3, -0.25) is 29.0 Å². The Labute approximate surface area is 253 Å². The average Bonchev–Trinajstić information content (AvgIpc) is 3.86. The van der Waals surface area contributed by atoms with Gasteiger partial charge in [-0.2, -0.15) is 0 Å². The number of hydrogen-bond acceptors (Lipinski definition) is 6. The van der Waals surface area contributed by atoms with E-state index in [0.29, 0.717) is 17.9 Å². The fourth-order valence-electron chi connectivity index (χ4n) is 8.84. The number of likely N-dealkylation sites (tertiary alicyclic amines) is 2. The smallest absolute Gasteiger partial charge is 0.234 e. The van der Waals surface area contributed by atoms with Crippen LogP contribution in [0.5, 0.6) is 0 Å². The van der Waals surface area contributed by atoms with Gasteiger partial charge in [-0.25, -0.2) is 0 Å². The summed E-state index contributed by atoms with van der Waals surface area (Å²) in [6.07, 6.45) is 3.43. The molecule has 2 saturated heterocycles. The molecule has 5 aliphatic rings. The van der Waals surface area contributed by atoms with Crippen molar-refractivity contribution in [2.24, 2.45) is 35.0 Å². The summed E-state index contributed by atoms with van der Waals surface area (Å²) in [7, 11) is 0. The second kappa shape index (κ2) is 9.77. The topological polar surface area (TPSA) is 101 Å². The van der Waals surface area contributed by atoms with Gasteiger partial charge in [-0.1, -0.05) is 67.6 Å². The first-order valence-electron chi connectivity index (χ1n) is 15.1. The number of rotatable bonds is 7. The summed E-state index contributed by atoms with van der Waals surface area (Å²) in [5.74, 6) is -4.12. The molecule has 44 heavy (non-hydrogen) atoms. The van der Waals surface area contributed by atoms with Crippen molar-refractivity contribution in [3.05, 3.63) is 120 Å². The van der Waals surface area contributed by atoms with Crippen LogP contribution in [0.3, 0.4) is 0 Å². The SMILES string of the molecule is CCC12C(c3ccccc3)=C(c3ccccc3)C([C@H]3C(=O)N(Cc4ccco4)C(=O)[C@@H]31)[C@@H]1C(=O)N(Cc3ccco3)C(=O)[C@@H]12. The van der Waals surface area contributed by atoms with Gasteiger partial charge >= 0.3 is 0 Å². The molecule has 0 N–H and O–H groups in total. The molecule has 3 fully saturated rings. The number of carbonyl (C=O) groups excluding carboxylic acids is 4. The molecule has 0 radical (unpaired) electrons. The molecule has 4 heterocycles. The van der Waals surface area contributed by atoms with Crippen LogP contribution in [0.2, 0.25) is 0 Å². The highest BCUT2D eigenvalue weighted by atomic mass is 16.3. The number of furan rings is 2. The number of carbonyl (C=O) groups is 4. The minimum atomic E-state index is -1.11. The van der Waals surface area contributed by atoms with E-state index < -0.39 is 35.0 Å². The van der Waals surface area contributed by atoms with Gasteiger partial charge in [0.1, 0.15) is 11.5 Å². The normalized spacial score (nSPS) is 29.2. The predicted octanol–water partition coefficient (Wildman–Crippen LogP) is 5.43. The number of nitrogens with zero attached hydrogens (tertiary/aromatic N) is 2. The van der Waals surface area contributed by atoms with Gasteiger partial charge in [-0.15, -0.1) is 0 Å². The van der Waals surface area contributed by atoms with Crippen LogP contribution >= 0.6 is 0 Å². The fraction of sp³-hybridized carbons (Fsp3) is 0.278. The van der Waals surface area contributed by atoms with E-state index in [-0.39, 0.29) is 36.7 Å². The van der Waals surface area contributed by atoms with E-state index in [1.54, 1.807) is 24.3 Å². The van der Waals surface area contributed by atoms with E-state index >= 15 is 0 Å². The molecule has 6 atom stereocenters.